The van der Waals surface area contributed by atoms with Crippen LogP contribution in [0.2, 0.25) is 0 Å². The van der Waals surface area contributed by atoms with Gasteiger partial charge in [0.05, 0.1) is 39.8 Å². The van der Waals surface area contributed by atoms with Gasteiger partial charge < -0.3 is 0 Å². The third-order valence-corrected chi connectivity index (χ3v) is 7.95. The Kier molecular flexibility index (Phi) is 2.42. The molecule has 0 aromatic heterocycles. The van der Waals surface area contributed by atoms with Gasteiger partial charge in [-0.2, -0.15) is 0 Å². The molecular weight excluding hydrogens is 577 g/mol. The molecule has 0 aliphatic heterocycles. The Morgan fingerprint density at radius 1 is 0.271 bits per heavy atom. The van der Waals surface area contributed by atoms with Crippen LogP contribution in [0.25, 0.3) is 98.4 Å². The highest BCUT2D eigenvalue weighted by Crippen LogP contribution is 2.43. The van der Waals surface area contributed by atoms with E-state index in [-0.39, 0.29) is 0 Å². The number of hydrogen-bond acceptors (Lipinski definition) is 0. The van der Waals surface area contributed by atoms with Crippen LogP contribution in [0, 0.1) is 0 Å². The van der Waals surface area contributed by atoms with E-state index in [0.717, 1.165) is 6.07 Å². The Morgan fingerprint density at radius 3 is 1.38 bits per heavy atom. The second-order valence-electron chi connectivity index (χ2n) is 10.6. The summed E-state index contributed by atoms with van der Waals surface area (Å²) >= 11 is 0. The number of fused-ring (bicyclic) bond motifs is 2. The van der Waals surface area contributed by atoms with E-state index in [2.05, 4.69) is 0 Å². The highest BCUT2D eigenvalue weighted by Gasteiger charge is 2.16. The smallest absolute Gasteiger partial charge is 0.0616 e. The summed E-state index contributed by atoms with van der Waals surface area (Å²) in [5.41, 5.74) is -5.58. The second kappa shape index (κ2) is 10.7. The van der Waals surface area contributed by atoms with Crippen molar-refractivity contribution in [3.8, 4) is 44.5 Å². The maximum absolute atomic E-state index is 9.69. The SMILES string of the molecule is [2H]c1cc(-c2c([2H])c([2H])c(-c3c([2H])c([2H])c4c([2H])c([2H])c5c([2H])c([2H])c(-c6c([2H])c([2H])c([2H])c(-c7c([2H])c([2H])c([2H])c8c([2H])c([2H])c([2H])c([2H])c78)c6[2H])c6c([2H])c([2H])c3c4c56)c([2H])c2[2H])c2c([2H])c([2H])c([2H])c([2H])c2c1[2H]. The van der Waals surface area contributed by atoms with Crippen molar-refractivity contribution in [1.29, 1.82) is 0 Å². The molecule has 0 spiro atoms. The van der Waals surface area contributed by atoms with Gasteiger partial charge in [0.2, 0.25) is 0 Å². The molecule has 0 aliphatic rings. The molecule has 48 heavy (non-hydrogen) atoms. The first-order chi connectivity index (χ1) is 35.9. The minimum Gasteiger partial charge on any atom is -0.0616 e. The minimum absolute atomic E-state index is 0.401. The lowest BCUT2D eigenvalue weighted by Crippen LogP contribution is -1.90. The van der Waals surface area contributed by atoms with Crippen LogP contribution in [-0.4, -0.2) is 0 Å². The molecule has 10 aromatic carbocycles. The van der Waals surface area contributed by atoms with Gasteiger partial charge in [-0.05, 0) is 104 Å². The van der Waals surface area contributed by atoms with Crippen LogP contribution >= 0.6 is 0 Å². The Morgan fingerprint density at radius 2 is 0.729 bits per heavy atom. The van der Waals surface area contributed by atoms with E-state index in [1.54, 1.807) is 0 Å². The standard InChI is InChI=1S/C48H30/c1-3-14-39-31(8-1)10-6-16-41(39)33-18-20-34(21-19-33)43-26-24-35-22-23-36-25-27-44(46-29-28-45(43)47(35)48(36)46)38-13-5-12-37(30-38)42-17-7-11-32-9-2-4-15-40(32)42/h1-30H/i1D,2D,3D,4D,5D,6D,7D,8D,9D,10D,11D,12D,13D,14D,15D,17D,18D,19D,20D,21D,22D,23D,24D,25D,26D,27D,28D,29D,30D. The van der Waals surface area contributed by atoms with Crippen molar-refractivity contribution in [2.45, 2.75) is 0 Å². The topological polar surface area (TPSA) is 0 Å². The van der Waals surface area contributed by atoms with Crippen LogP contribution < -0.4 is 0 Å². The van der Waals surface area contributed by atoms with Gasteiger partial charge >= 0.3 is 0 Å². The molecule has 10 rings (SSSR count). The molecule has 0 bridgehead atoms. The molecule has 0 heteroatoms. The molecule has 0 amide bonds. The van der Waals surface area contributed by atoms with Crippen LogP contribution in [0.5, 0.6) is 0 Å². The number of hydrogen-bond donors (Lipinski definition) is 0. The first kappa shape index (κ1) is 10.9. The van der Waals surface area contributed by atoms with Crippen molar-refractivity contribution in [2.75, 3.05) is 0 Å². The highest BCUT2D eigenvalue weighted by molar-refractivity contribution is 6.27. The summed E-state index contributed by atoms with van der Waals surface area (Å²) in [5.74, 6) is 0. The maximum atomic E-state index is 9.69. The monoisotopic (exact) mass is 635 g/mol. The fraction of sp³-hybridized carbons (Fsp3) is 0. The van der Waals surface area contributed by atoms with Crippen LogP contribution in [-0.2, 0) is 0 Å². The van der Waals surface area contributed by atoms with Crippen LogP contribution in [0.4, 0.5) is 0 Å². The van der Waals surface area contributed by atoms with Gasteiger partial charge in [0, 0.05) is 0 Å². The lowest BCUT2D eigenvalue weighted by atomic mass is 9.86. The van der Waals surface area contributed by atoms with Gasteiger partial charge in [0.1, 0.15) is 0 Å². The van der Waals surface area contributed by atoms with Crippen molar-refractivity contribution in [2.24, 2.45) is 0 Å². The largest absolute Gasteiger partial charge is 0.0636 e. The molecular formula is C48H30. The fourth-order valence-corrected chi connectivity index (χ4v) is 5.79. The van der Waals surface area contributed by atoms with Crippen molar-refractivity contribution < 1.29 is 39.8 Å². The minimum atomic E-state index is -1.03. The molecule has 0 fully saturated rings. The molecule has 10 aromatic rings. The normalized spacial score (nSPS) is 20.2. The van der Waals surface area contributed by atoms with Crippen LogP contribution in [0.3, 0.4) is 0 Å². The first-order valence-corrected chi connectivity index (χ1v) is 14.3. The van der Waals surface area contributed by atoms with E-state index >= 15 is 0 Å². The zero-order valence-electron chi connectivity index (χ0n) is 53.1. The molecule has 0 nitrogen and oxygen atoms in total. The summed E-state index contributed by atoms with van der Waals surface area (Å²) in [4.78, 5) is 0. The van der Waals surface area contributed by atoms with Crippen molar-refractivity contribution in [1.82, 2.24) is 0 Å². The number of rotatable bonds is 4. The zero-order chi connectivity index (χ0) is 56.8. The summed E-state index contributed by atoms with van der Waals surface area (Å²) < 4.78 is 261. The van der Waals surface area contributed by atoms with Gasteiger partial charge in [-0.15, -0.1) is 0 Å². The fourth-order valence-electron chi connectivity index (χ4n) is 5.79. The predicted octanol–water partition coefficient (Wildman–Crippen LogP) is 13.6. The van der Waals surface area contributed by atoms with Crippen LogP contribution in [0.1, 0.15) is 39.8 Å². The maximum Gasteiger partial charge on any atom is 0.0636 e. The average molecular weight is 636 g/mol. The van der Waals surface area contributed by atoms with Crippen molar-refractivity contribution in [3.05, 3.63) is 181 Å². The number of benzene rings is 10. The quantitative estimate of drug-likeness (QED) is 0.169. The van der Waals surface area contributed by atoms with Crippen molar-refractivity contribution >= 4 is 53.9 Å². The van der Waals surface area contributed by atoms with E-state index in [0.29, 0.717) is 0 Å². The van der Waals surface area contributed by atoms with Gasteiger partial charge in [0.25, 0.3) is 0 Å². The molecule has 0 saturated carbocycles. The molecule has 0 unspecified atom stereocenters. The highest BCUT2D eigenvalue weighted by atomic mass is 14.2. The molecule has 0 atom stereocenters. The summed E-state index contributed by atoms with van der Waals surface area (Å²) in [6.07, 6.45) is 0. The van der Waals surface area contributed by atoms with Crippen molar-refractivity contribution in [3.63, 3.8) is 0 Å². The van der Waals surface area contributed by atoms with E-state index in [1.807, 2.05) is 0 Å². The Bertz CT molecular complexity index is 4450. The van der Waals surface area contributed by atoms with Gasteiger partial charge in [0.15, 0.2) is 0 Å². The van der Waals surface area contributed by atoms with E-state index < -0.39 is 274 Å². The lowest BCUT2D eigenvalue weighted by Gasteiger charge is -2.17. The third kappa shape index (κ3) is 4.16. The molecule has 0 heterocycles. The Balaban J connectivity index is 1.38. The first-order valence-electron chi connectivity index (χ1n) is 28.8. The molecule has 0 radical (unpaired) electrons. The summed E-state index contributed by atoms with van der Waals surface area (Å²) in [7, 11) is 0. The second-order valence-corrected chi connectivity index (χ2v) is 10.6. The van der Waals surface area contributed by atoms with Gasteiger partial charge in [-0.1, -0.05) is 175 Å². The zero-order valence-corrected chi connectivity index (χ0v) is 24.1. The lowest BCUT2D eigenvalue weighted by molar-refractivity contribution is 1.62. The predicted molar refractivity (Wildman–Crippen MR) is 207 cm³/mol. The molecule has 0 N–H and O–H groups in total. The van der Waals surface area contributed by atoms with E-state index in [4.69, 9.17) is 23.3 Å². The van der Waals surface area contributed by atoms with E-state index in [9.17, 15) is 16.4 Å². The summed E-state index contributed by atoms with van der Waals surface area (Å²) in [5, 5.41) is -5.37. The van der Waals surface area contributed by atoms with Gasteiger partial charge in [-0.25, -0.2) is 0 Å². The van der Waals surface area contributed by atoms with Gasteiger partial charge in [-0.3, -0.25) is 0 Å². The molecule has 0 saturated heterocycles. The summed E-state index contributed by atoms with van der Waals surface area (Å²) in [6, 6.07) is -24.5. The Hall–Kier alpha value is -6.24. The Labute approximate surface area is 320 Å². The molecule has 222 valence electrons. The summed E-state index contributed by atoms with van der Waals surface area (Å²) in [6.45, 7) is 0. The third-order valence-electron chi connectivity index (χ3n) is 7.95. The van der Waals surface area contributed by atoms with E-state index in [1.165, 1.54) is 0 Å². The average Bonchev–Trinajstić information content (AvgIpc) is 3.39. The molecule has 0 aliphatic carbocycles. The van der Waals surface area contributed by atoms with Crippen LogP contribution in [0.15, 0.2) is 181 Å².